The highest BCUT2D eigenvalue weighted by atomic mass is 16.2. The average molecular weight is 345 g/mol. The molecule has 1 aliphatic carbocycles. The summed E-state index contributed by atoms with van der Waals surface area (Å²) in [6.45, 7) is 2.55. The zero-order valence-electron chi connectivity index (χ0n) is 15.2. The van der Waals surface area contributed by atoms with Gasteiger partial charge in [0.15, 0.2) is 0 Å². The van der Waals surface area contributed by atoms with Gasteiger partial charge in [-0.3, -0.25) is 9.59 Å². The Hall–Kier alpha value is -1.88. The Morgan fingerprint density at radius 2 is 2.00 bits per heavy atom. The average Bonchev–Trinajstić information content (AvgIpc) is 2.65. The summed E-state index contributed by atoms with van der Waals surface area (Å²) in [6.07, 6.45) is 8.39. The normalized spacial score (nSPS) is 16.2. The maximum absolute atomic E-state index is 12.4. The SMILES string of the molecule is CCCCC(CN)NC(=O)c1cccc(NC(=O)C2CCCCC2)c1. The summed E-state index contributed by atoms with van der Waals surface area (Å²) in [5.41, 5.74) is 6.98. The molecule has 0 spiro atoms. The van der Waals surface area contributed by atoms with Gasteiger partial charge in [0.05, 0.1) is 0 Å². The van der Waals surface area contributed by atoms with Crippen LogP contribution in [0, 0.1) is 5.92 Å². The van der Waals surface area contributed by atoms with E-state index in [4.69, 9.17) is 5.73 Å². The van der Waals surface area contributed by atoms with Gasteiger partial charge in [0.25, 0.3) is 5.91 Å². The minimum atomic E-state index is -0.139. The van der Waals surface area contributed by atoms with E-state index in [1.807, 2.05) is 6.07 Å². The first-order valence-electron chi connectivity index (χ1n) is 9.56. The lowest BCUT2D eigenvalue weighted by atomic mass is 9.88. The van der Waals surface area contributed by atoms with E-state index in [0.29, 0.717) is 17.8 Å². The Kier molecular flexibility index (Phi) is 7.92. The smallest absolute Gasteiger partial charge is 0.251 e. The van der Waals surface area contributed by atoms with Crippen LogP contribution in [0.2, 0.25) is 0 Å². The predicted molar refractivity (Wildman–Crippen MR) is 101 cm³/mol. The number of amides is 2. The van der Waals surface area contributed by atoms with Gasteiger partial charge < -0.3 is 16.4 Å². The quantitative estimate of drug-likeness (QED) is 0.674. The van der Waals surface area contributed by atoms with Crippen LogP contribution in [0.3, 0.4) is 0 Å². The maximum Gasteiger partial charge on any atom is 0.251 e. The maximum atomic E-state index is 12.4. The molecule has 2 rings (SSSR count). The molecule has 0 heterocycles. The topological polar surface area (TPSA) is 84.2 Å². The van der Waals surface area contributed by atoms with E-state index in [9.17, 15) is 9.59 Å². The molecule has 5 heteroatoms. The van der Waals surface area contributed by atoms with Crippen LogP contribution < -0.4 is 16.4 Å². The zero-order chi connectivity index (χ0) is 18.1. The van der Waals surface area contributed by atoms with Gasteiger partial charge >= 0.3 is 0 Å². The number of carbonyl (C=O) groups is 2. The summed E-state index contributed by atoms with van der Waals surface area (Å²) < 4.78 is 0. The van der Waals surface area contributed by atoms with Crippen molar-refractivity contribution in [2.24, 2.45) is 11.7 Å². The van der Waals surface area contributed by atoms with Crippen LogP contribution in [-0.2, 0) is 4.79 Å². The lowest BCUT2D eigenvalue weighted by Gasteiger charge is -2.21. The van der Waals surface area contributed by atoms with Crippen molar-refractivity contribution in [2.75, 3.05) is 11.9 Å². The van der Waals surface area contributed by atoms with E-state index in [-0.39, 0.29) is 23.8 Å². The summed E-state index contributed by atoms with van der Waals surface area (Å²) >= 11 is 0. The highest BCUT2D eigenvalue weighted by Gasteiger charge is 2.21. The minimum Gasteiger partial charge on any atom is -0.348 e. The molecule has 138 valence electrons. The largest absolute Gasteiger partial charge is 0.348 e. The first-order chi connectivity index (χ1) is 12.1. The van der Waals surface area contributed by atoms with Gasteiger partial charge in [0.1, 0.15) is 0 Å². The fourth-order valence-electron chi connectivity index (χ4n) is 3.32. The van der Waals surface area contributed by atoms with Crippen molar-refractivity contribution in [3.05, 3.63) is 29.8 Å². The van der Waals surface area contributed by atoms with E-state index in [0.717, 1.165) is 44.9 Å². The second kappa shape index (κ2) is 10.2. The summed E-state index contributed by atoms with van der Waals surface area (Å²) in [7, 11) is 0. The Labute approximate surface area is 150 Å². The Balaban J connectivity index is 1.95. The predicted octanol–water partition coefficient (Wildman–Crippen LogP) is 3.45. The standard InChI is InChI=1S/C20H31N3O2/c1-2-3-11-18(14-21)23-20(25)16-10-7-12-17(13-16)22-19(24)15-8-5-4-6-9-15/h7,10,12-13,15,18H,2-6,8-9,11,14,21H2,1H3,(H,22,24)(H,23,25). The van der Waals surface area contributed by atoms with Crippen molar-refractivity contribution in [1.82, 2.24) is 5.32 Å². The second-order valence-corrected chi connectivity index (χ2v) is 6.95. The van der Waals surface area contributed by atoms with Crippen LogP contribution in [0.25, 0.3) is 0 Å². The zero-order valence-corrected chi connectivity index (χ0v) is 15.2. The molecule has 1 atom stereocenters. The molecule has 0 radical (unpaired) electrons. The number of hydrogen-bond donors (Lipinski definition) is 3. The van der Waals surface area contributed by atoms with E-state index >= 15 is 0 Å². The number of anilines is 1. The molecule has 2 amide bonds. The van der Waals surface area contributed by atoms with Crippen molar-refractivity contribution >= 4 is 17.5 Å². The Morgan fingerprint density at radius 3 is 2.68 bits per heavy atom. The molecule has 0 aliphatic heterocycles. The Morgan fingerprint density at radius 1 is 1.24 bits per heavy atom. The molecule has 0 saturated heterocycles. The molecule has 1 aromatic rings. The molecule has 5 nitrogen and oxygen atoms in total. The fraction of sp³-hybridized carbons (Fsp3) is 0.600. The molecule has 25 heavy (non-hydrogen) atoms. The van der Waals surface area contributed by atoms with Gasteiger partial charge in [-0.1, -0.05) is 45.1 Å². The molecule has 4 N–H and O–H groups in total. The van der Waals surface area contributed by atoms with Gasteiger partial charge in [-0.2, -0.15) is 0 Å². The van der Waals surface area contributed by atoms with E-state index < -0.39 is 0 Å². The lowest BCUT2D eigenvalue weighted by molar-refractivity contribution is -0.120. The number of unbranched alkanes of at least 4 members (excludes halogenated alkanes) is 1. The highest BCUT2D eigenvalue weighted by molar-refractivity contribution is 5.97. The first-order valence-corrected chi connectivity index (χ1v) is 9.56. The summed E-state index contributed by atoms with van der Waals surface area (Å²) in [5.74, 6) is 0.0299. The summed E-state index contributed by atoms with van der Waals surface area (Å²) in [4.78, 5) is 24.8. The van der Waals surface area contributed by atoms with Gasteiger partial charge in [-0.05, 0) is 37.5 Å². The third-order valence-corrected chi connectivity index (χ3v) is 4.89. The molecular weight excluding hydrogens is 314 g/mol. The van der Waals surface area contributed by atoms with E-state index in [2.05, 4.69) is 17.6 Å². The molecule has 0 aromatic heterocycles. The van der Waals surface area contributed by atoms with Crippen LogP contribution in [0.1, 0.15) is 68.6 Å². The van der Waals surface area contributed by atoms with Crippen molar-refractivity contribution in [1.29, 1.82) is 0 Å². The minimum absolute atomic E-state index is 0.00654. The van der Waals surface area contributed by atoms with Crippen molar-refractivity contribution in [3.63, 3.8) is 0 Å². The molecule has 0 bridgehead atoms. The van der Waals surface area contributed by atoms with Crippen molar-refractivity contribution in [2.45, 2.75) is 64.3 Å². The number of rotatable bonds is 8. The molecule has 1 aromatic carbocycles. The number of carbonyl (C=O) groups excluding carboxylic acids is 2. The number of benzene rings is 1. The van der Waals surface area contributed by atoms with Gasteiger partial charge in [-0.15, -0.1) is 0 Å². The first kappa shape index (κ1) is 19.4. The van der Waals surface area contributed by atoms with Crippen LogP contribution in [0.4, 0.5) is 5.69 Å². The molecular formula is C20H31N3O2. The van der Waals surface area contributed by atoms with Gasteiger partial charge in [0.2, 0.25) is 5.91 Å². The van der Waals surface area contributed by atoms with Crippen LogP contribution in [0.5, 0.6) is 0 Å². The van der Waals surface area contributed by atoms with Gasteiger partial charge in [0, 0.05) is 29.8 Å². The van der Waals surface area contributed by atoms with Crippen LogP contribution in [-0.4, -0.2) is 24.4 Å². The van der Waals surface area contributed by atoms with Crippen LogP contribution >= 0.6 is 0 Å². The molecule has 1 unspecified atom stereocenters. The summed E-state index contributed by atoms with van der Waals surface area (Å²) in [5, 5.41) is 5.95. The third-order valence-electron chi connectivity index (χ3n) is 4.89. The highest BCUT2D eigenvalue weighted by Crippen LogP contribution is 2.25. The van der Waals surface area contributed by atoms with Crippen LogP contribution in [0.15, 0.2) is 24.3 Å². The van der Waals surface area contributed by atoms with E-state index in [1.165, 1.54) is 6.42 Å². The van der Waals surface area contributed by atoms with Gasteiger partial charge in [-0.25, -0.2) is 0 Å². The van der Waals surface area contributed by atoms with E-state index in [1.54, 1.807) is 18.2 Å². The van der Waals surface area contributed by atoms with Crippen molar-refractivity contribution in [3.8, 4) is 0 Å². The molecule has 1 fully saturated rings. The lowest BCUT2D eigenvalue weighted by Crippen LogP contribution is -2.40. The Bertz CT molecular complexity index is 568. The number of nitrogens with two attached hydrogens (primary N) is 1. The number of nitrogens with one attached hydrogen (secondary N) is 2. The fourth-order valence-corrected chi connectivity index (χ4v) is 3.32. The number of hydrogen-bond acceptors (Lipinski definition) is 3. The summed E-state index contributed by atoms with van der Waals surface area (Å²) in [6, 6.07) is 7.12. The van der Waals surface area contributed by atoms with Crippen molar-refractivity contribution < 1.29 is 9.59 Å². The third kappa shape index (κ3) is 6.16. The monoisotopic (exact) mass is 345 g/mol. The molecule has 1 saturated carbocycles. The second-order valence-electron chi connectivity index (χ2n) is 6.95. The molecule has 1 aliphatic rings.